The Morgan fingerprint density at radius 3 is 1.67 bits per heavy atom. The largest absolute Gasteiger partial charge is 0.513 e. The normalized spacial score (nSPS) is 12.7. The van der Waals surface area contributed by atoms with Gasteiger partial charge in [0.2, 0.25) is 0 Å². The molecule has 0 amide bonds. The first-order valence-corrected chi connectivity index (χ1v) is 16.1. The number of benzene rings is 3. The molecule has 2 atom stereocenters. The first-order valence-electron chi connectivity index (χ1n) is 16.1. The van der Waals surface area contributed by atoms with Crippen molar-refractivity contribution < 1.29 is 28.5 Å². The van der Waals surface area contributed by atoms with Crippen molar-refractivity contribution in [1.29, 1.82) is 0 Å². The summed E-state index contributed by atoms with van der Waals surface area (Å²) in [6, 6.07) is 11.7. The molecule has 230 valence electrons. The number of unbranched alkanes of at least 4 members (excludes halogenated alkanes) is 2. The molecular formula is C36H50O6. The Hall–Kier alpha value is -3.28. The van der Waals surface area contributed by atoms with Gasteiger partial charge in [0, 0.05) is 21.5 Å². The number of fused-ring (bicyclic) bond motifs is 2. The molecule has 0 saturated heterocycles. The summed E-state index contributed by atoms with van der Waals surface area (Å²) >= 11 is 0. The first kappa shape index (κ1) is 33.2. The van der Waals surface area contributed by atoms with E-state index in [1.54, 1.807) is 0 Å². The predicted octanol–water partition coefficient (Wildman–Crippen LogP) is 10.6. The number of hydrogen-bond donors (Lipinski definition) is 0. The molecule has 0 aliphatic heterocycles. The molecule has 0 N–H and O–H groups in total. The van der Waals surface area contributed by atoms with Gasteiger partial charge in [-0.2, -0.15) is 0 Å². The lowest BCUT2D eigenvalue weighted by Gasteiger charge is -2.20. The minimum absolute atomic E-state index is 0.306. The minimum atomic E-state index is -0.720. The van der Waals surface area contributed by atoms with Gasteiger partial charge in [-0.1, -0.05) is 110 Å². The van der Waals surface area contributed by atoms with E-state index in [4.69, 9.17) is 18.9 Å². The Bertz CT molecular complexity index is 1310. The number of carbonyl (C=O) groups is 2. The summed E-state index contributed by atoms with van der Waals surface area (Å²) in [6.45, 7) is 13.4. The van der Waals surface area contributed by atoms with Crippen LogP contribution in [0.15, 0.2) is 36.4 Å². The molecule has 2 unspecified atom stereocenters. The zero-order valence-corrected chi connectivity index (χ0v) is 26.6. The number of ether oxygens (including phenoxy) is 4. The standard InChI is InChI=1S/C36H50O6/c1-7-13-17-25(9-3)23-39-35(37)41-33-29-19-15-16-20-30(29)34(32-28(12-6)21-27(11-5)22-31(32)33)42-36(38)40-24-26(10-4)18-14-8-2/h15-16,19-22,25-26H,7-14,17-18,23-24H2,1-6H3. The maximum Gasteiger partial charge on any atom is 0.513 e. The van der Waals surface area contributed by atoms with Crippen LogP contribution in [0.25, 0.3) is 21.5 Å². The van der Waals surface area contributed by atoms with Crippen molar-refractivity contribution in [3.8, 4) is 11.5 Å². The molecule has 3 aromatic carbocycles. The Kier molecular flexibility index (Phi) is 13.4. The van der Waals surface area contributed by atoms with Crippen LogP contribution in [-0.2, 0) is 22.3 Å². The summed E-state index contributed by atoms with van der Waals surface area (Å²) in [4.78, 5) is 26.2. The zero-order chi connectivity index (χ0) is 30.5. The van der Waals surface area contributed by atoms with Crippen LogP contribution in [0.5, 0.6) is 11.5 Å². The van der Waals surface area contributed by atoms with Crippen molar-refractivity contribution in [1.82, 2.24) is 0 Å². The highest BCUT2D eigenvalue weighted by molar-refractivity contribution is 6.13. The van der Waals surface area contributed by atoms with Crippen molar-refractivity contribution >= 4 is 33.9 Å². The highest BCUT2D eigenvalue weighted by Crippen LogP contribution is 2.45. The fraction of sp³-hybridized carbons (Fsp3) is 0.556. The average molecular weight is 579 g/mol. The molecule has 0 heterocycles. The second-order valence-electron chi connectivity index (χ2n) is 11.2. The van der Waals surface area contributed by atoms with Gasteiger partial charge >= 0.3 is 12.3 Å². The van der Waals surface area contributed by atoms with E-state index in [0.29, 0.717) is 53.7 Å². The topological polar surface area (TPSA) is 71.1 Å². The Labute approximate surface area is 252 Å². The van der Waals surface area contributed by atoms with Gasteiger partial charge in [-0.15, -0.1) is 0 Å². The lowest BCUT2D eigenvalue weighted by molar-refractivity contribution is 0.0805. The van der Waals surface area contributed by atoms with Crippen LogP contribution in [0.1, 0.15) is 104 Å². The van der Waals surface area contributed by atoms with Crippen molar-refractivity contribution in [3.05, 3.63) is 47.5 Å². The first-order chi connectivity index (χ1) is 20.4. The van der Waals surface area contributed by atoms with Crippen LogP contribution in [0.2, 0.25) is 0 Å². The quantitative estimate of drug-likeness (QED) is 0.0956. The molecular weight excluding hydrogens is 528 g/mol. The van der Waals surface area contributed by atoms with E-state index >= 15 is 0 Å². The van der Waals surface area contributed by atoms with E-state index in [0.717, 1.165) is 79.7 Å². The molecule has 3 rings (SSSR count). The third-order valence-electron chi connectivity index (χ3n) is 8.29. The molecule has 6 heteroatoms. The Balaban J connectivity index is 2.03. The SMILES string of the molecule is CCCCC(CC)COC(=O)Oc1c2ccccc2c(OC(=O)OCC(CC)CCCC)c2c(CC)cc(CC)cc12. The predicted molar refractivity (Wildman–Crippen MR) is 171 cm³/mol. The molecule has 0 saturated carbocycles. The number of aryl methyl sites for hydroxylation is 2. The van der Waals surface area contributed by atoms with Crippen LogP contribution in [0, 0.1) is 11.8 Å². The molecule has 0 aliphatic carbocycles. The monoisotopic (exact) mass is 578 g/mol. The summed E-state index contributed by atoms with van der Waals surface area (Å²) in [6.07, 6.45) is 8.43. The van der Waals surface area contributed by atoms with Gasteiger partial charge in [0.05, 0.1) is 13.2 Å². The lowest BCUT2D eigenvalue weighted by Crippen LogP contribution is -2.18. The third kappa shape index (κ3) is 8.62. The summed E-state index contributed by atoms with van der Waals surface area (Å²) in [5.41, 5.74) is 2.12. The van der Waals surface area contributed by atoms with Gasteiger partial charge in [0.25, 0.3) is 0 Å². The number of rotatable bonds is 16. The van der Waals surface area contributed by atoms with Gasteiger partial charge in [-0.25, -0.2) is 9.59 Å². The molecule has 3 aromatic rings. The van der Waals surface area contributed by atoms with E-state index in [1.807, 2.05) is 30.3 Å². The maximum atomic E-state index is 13.1. The molecule has 6 nitrogen and oxygen atoms in total. The van der Waals surface area contributed by atoms with Crippen molar-refractivity contribution in [3.63, 3.8) is 0 Å². The number of carbonyl (C=O) groups excluding carboxylic acids is 2. The van der Waals surface area contributed by atoms with Gasteiger partial charge in [-0.05, 0) is 54.7 Å². The van der Waals surface area contributed by atoms with E-state index < -0.39 is 12.3 Å². The van der Waals surface area contributed by atoms with Gasteiger partial charge in [0.1, 0.15) is 5.75 Å². The van der Waals surface area contributed by atoms with Crippen LogP contribution in [0.3, 0.4) is 0 Å². The van der Waals surface area contributed by atoms with Crippen LogP contribution in [-0.4, -0.2) is 25.5 Å². The fourth-order valence-electron chi connectivity index (χ4n) is 5.47. The molecule has 0 aromatic heterocycles. The van der Waals surface area contributed by atoms with E-state index in [-0.39, 0.29) is 0 Å². The Morgan fingerprint density at radius 1 is 0.667 bits per heavy atom. The van der Waals surface area contributed by atoms with E-state index in [1.165, 1.54) is 0 Å². The third-order valence-corrected chi connectivity index (χ3v) is 8.29. The summed E-state index contributed by atoms with van der Waals surface area (Å²) < 4.78 is 23.3. The van der Waals surface area contributed by atoms with Crippen molar-refractivity contribution in [2.45, 2.75) is 106 Å². The second kappa shape index (κ2) is 17.0. The fourth-order valence-corrected chi connectivity index (χ4v) is 5.47. The zero-order valence-electron chi connectivity index (χ0n) is 26.6. The maximum absolute atomic E-state index is 13.1. The van der Waals surface area contributed by atoms with Gasteiger partial charge in [0.15, 0.2) is 5.75 Å². The molecule has 42 heavy (non-hydrogen) atoms. The van der Waals surface area contributed by atoms with Gasteiger partial charge < -0.3 is 18.9 Å². The van der Waals surface area contributed by atoms with Crippen molar-refractivity contribution in [2.24, 2.45) is 11.8 Å². The van der Waals surface area contributed by atoms with Crippen LogP contribution >= 0.6 is 0 Å². The van der Waals surface area contributed by atoms with E-state index in [2.05, 4.69) is 47.6 Å². The summed E-state index contributed by atoms with van der Waals surface area (Å²) in [5.74, 6) is 1.46. The summed E-state index contributed by atoms with van der Waals surface area (Å²) in [5, 5.41) is 2.82. The smallest absolute Gasteiger partial charge is 0.434 e. The van der Waals surface area contributed by atoms with Crippen molar-refractivity contribution in [2.75, 3.05) is 13.2 Å². The second-order valence-corrected chi connectivity index (χ2v) is 11.2. The molecule has 0 fully saturated rings. The highest BCUT2D eigenvalue weighted by Gasteiger charge is 2.24. The lowest BCUT2D eigenvalue weighted by atomic mass is 9.93. The van der Waals surface area contributed by atoms with E-state index in [9.17, 15) is 9.59 Å². The molecule has 0 bridgehead atoms. The Morgan fingerprint density at radius 2 is 1.19 bits per heavy atom. The minimum Gasteiger partial charge on any atom is -0.434 e. The average Bonchev–Trinajstić information content (AvgIpc) is 3.02. The molecule has 0 spiro atoms. The molecule has 0 aliphatic rings. The van der Waals surface area contributed by atoms with Gasteiger partial charge in [-0.3, -0.25) is 0 Å². The number of hydrogen-bond acceptors (Lipinski definition) is 6. The highest BCUT2D eigenvalue weighted by atomic mass is 16.7. The molecule has 0 radical (unpaired) electrons. The van der Waals surface area contributed by atoms with Crippen LogP contribution < -0.4 is 9.47 Å². The van der Waals surface area contributed by atoms with Crippen LogP contribution in [0.4, 0.5) is 9.59 Å². The summed E-state index contributed by atoms with van der Waals surface area (Å²) in [7, 11) is 0.